The van der Waals surface area contributed by atoms with Gasteiger partial charge < -0.3 is 16.2 Å². The lowest BCUT2D eigenvalue weighted by molar-refractivity contribution is -0.161. The maximum Gasteiger partial charge on any atom is 0.226 e. The Labute approximate surface area is 157 Å². The van der Waals surface area contributed by atoms with Crippen molar-refractivity contribution >= 4 is 39.7 Å². The van der Waals surface area contributed by atoms with Gasteiger partial charge in [0.05, 0.1) is 0 Å². The fraction of sp³-hybridized carbons (Fsp3) is 0.294. The monoisotopic (exact) mass is 407 g/mol. The van der Waals surface area contributed by atoms with Crippen LogP contribution in [-0.2, 0) is 4.84 Å². The van der Waals surface area contributed by atoms with Gasteiger partial charge in [0.15, 0.2) is 5.66 Å². The molecule has 0 unspecified atom stereocenters. The molecule has 0 aliphatic carbocycles. The fourth-order valence-corrected chi connectivity index (χ4v) is 2.56. The number of nitrogens with zero attached hydrogens (tertiary/aromatic N) is 3. The van der Waals surface area contributed by atoms with Gasteiger partial charge in [-0.1, -0.05) is 30.3 Å². The number of hydrogen-bond donors (Lipinski definition) is 2. The highest BCUT2D eigenvalue weighted by atomic mass is 79.9. The number of halogens is 1. The topological polar surface area (TPSA) is 98.5 Å². The van der Waals surface area contributed by atoms with Crippen molar-refractivity contribution in [3.63, 3.8) is 0 Å². The first-order chi connectivity index (χ1) is 11.5. The third-order valence-corrected chi connectivity index (χ3v) is 3.62. The second-order valence-corrected chi connectivity index (χ2v) is 5.92. The van der Waals surface area contributed by atoms with Gasteiger partial charge in [0, 0.05) is 0 Å². The number of aliphatic imine (C=N–C) groups is 2. The normalized spacial score (nSPS) is 16.0. The summed E-state index contributed by atoms with van der Waals surface area (Å²) in [5, 5.41) is 3.75. The van der Waals surface area contributed by atoms with Gasteiger partial charge in [-0.15, -0.1) is 17.0 Å². The zero-order chi connectivity index (χ0) is 17.2. The molecule has 0 bridgehead atoms. The minimum Gasteiger partial charge on any atom is -0.491 e. The number of ether oxygens (including phenoxy) is 1. The van der Waals surface area contributed by atoms with Crippen molar-refractivity contribution in [3.8, 4) is 5.75 Å². The maximum atomic E-state index is 5.85. The van der Waals surface area contributed by atoms with Gasteiger partial charge in [-0.05, 0) is 36.8 Å². The molecule has 0 radical (unpaired) electrons. The van der Waals surface area contributed by atoms with E-state index in [1.807, 2.05) is 44.2 Å². The molecule has 2 aromatic rings. The number of hydroxylamine groups is 2. The summed E-state index contributed by atoms with van der Waals surface area (Å²) in [6, 6.07) is 14.1. The van der Waals surface area contributed by atoms with E-state index in [0.29, 0.717) is 13.2 Å². The van der Waals surface area contributed by atoms with Crippen molar-refractivity contribution in [1.29, 1.82) is 0 Å². The Balaban J connectivity index is 0.00000225. The zero-order valence-electron chi connectivity index (χ0n) is 14.2. The summed E-state index contributed by atoms with van der Waals surface area (Å²) >= 11 is 0. The Morgan fingerprint density at radius 1 is 1.04 bits per heavy atom. The van der Waals surface area contributed by atoms with Gasteiger partial charge in [-0.3, -0.25) is 4.84 Å². The van der Waals surface area contributed by atoms with Crippen LogP contribution in [0.3, 0.4) is 0 Å². The molecule has 0 fully saturated rings. The van der Waals surface area contributed by atoms with E-state index in [1.165, 1.54) is 10.4 Å². The Morgan fingerprint density at radius 2 is 1.76 bits per heavy atom. The smallest absolute Gasteiger partial charge is 0.226 e. The van der Waals surface area contributed by atoms with Crippen LogP contribution >= 0.6 is 17.0 Å². The summed E-state index contributed by atoms with van der Waals surface area (Å²) in [5.41, 5.74) is 10.8. The molecule has 4 N–H and O–H groups in total. The molecule has 0 spiro atoms. The minimum absolute atomic E-state index is 0. The highest BCUT2D eigenvalue weighted by molar-refractivity contribution is 8.93. The number of nitrogens with two attached hydrogens (primary N) is 2. The molecule has 0 saturated carbocycles. The number of rotatable bonds is 5. The van der Waals surface area contributed by atoms with E-state index < -0.39 is 5.66 Å². The van der Waals surface area contributed by atoms with Gasteiger partial charge in [0.25, 0.3) is 0 Å². The molecule has 1 aliphatic heterocycles. The lowest BCUT2D eigenvalue weighted by Crippen LogP contribution is -2.54. The van der Waals surface area contributed by atoms with Crippen molar-refractivity contribution in [3.05, 3.63) is 42.5 Å². The first-order valence-corrected chi connectivity index (χ1v) is 7.70. The molecule has 8 heteroatoms. The molecule has 25 heavy (non-hydrogen) atoms. The van der Waals surface area contributed by atoms with E-state index >= 15 is 0 Å². The highest BCUT2D eigenvalue weighted by Crippen LogP contribution is 2.21. The molecular formula is C17H22BrN5O2. The van der Waals surface area contributed by atoms with Crippen LogP contribution in [0.1, 0.15) is 13.8 Å². The zero-order valence-corrected chi connectivity index (χ0v) is 15.9. The maximum absolute atomic E-state index is 5.85. The Hall–Kier alpha value is -2.32. The molecule has 1 aliphatic rings. The van der Waals surface area contributed by atoms with Crippen LogP contribution in [-0.4, -0.2) is 35.9 Å². The van der Waals surface area contributed by atoms with E-state index in [2.05, 4.69) is 22.1 Å². The number of benzene rings is 2. The third kappa shape index (κ3) is 4.40. The van der Waals surface area contributed by atoms with E-state index in [1.54, 1.807) is 0 Å². The van der Waals surface area contributed by atoms with Crippen molar-refractivity contribution < 1.29 is 9.57 Å². The number of guanidine groups is 2. The summed E-state index contributed by atoms with van der Waals surface area (Å²) in [6.45, 7) is 4.36. The van der Waals surface area contributed by atoms with Crippen LogP contribution in [0.4, 0.5) is 0 Å². The van der Waals surface area contributed by atoms with E-state index in [-0.39, 0.29) is 28.9 Å². The van der Waals surface area contributed by atoms with Gasteiger partial charge in [0.1, 0.15) is 19.0 Å². The average Bonchev–Trinajstić information content (AvgIpc) is 2.52. The summed E-state index contributed by atoms with van der Waals surface area (Å²) in [5.74, 6) is 1.11. The van der Waals surface area contributed by atoms with Crippen molar-refractivity contribution in [2.75, 3.05) is 13.2 Å². The minimum atomic E-state index is -0.709. The van der Waals surface area contributed by atoms with Crippen LogP contribution in [0.5, 0.6) is 5.75 Å². The molecule has 3 rings (SSSR count). The average molecular weight is 408 g/mol. The Morgan fingerprint density at radius 3 is 2.48 bits per heavy atom. The van der Waals surface area contributed by atoms with Crippen LogP contribution in [0.25, 0.3) is 10.8 Å². The fourth-order valence-electron chi connectivity index (χ4n) is 2.56. The SMILES string of the molecule is Br.CC1(C)N=C(N)N=C(N)N1OCCOc1ccc2ccccc2c1. The van der Waals surface area contributed by atoms with Crippen molar-refractivity contribution in [2.24, 2.45) is 21.5 Å². The van der Waals surface area contributed by atoms with Gasteiger partial charge in [-0.2, -0.15) is 10.1 Å². The van der Waals surface area contributed by atoms with Gasteiger partial charge >= 0.3 is 0 Å². The second-order valence-electron chi connectivity index (χ2n) is 5.92. The molecule has 134 valence electrons. The van der Waals surface area contributed by atoms with Gasteiger partial charge in [0.2, 0.25) is 11.9 Å². The van der Waals surface area contributed by atoms with E-state index in [4.69, 9.17) is 21.0 Å². The lowest BCUT2D eigenvalue weighted by Gasteiger charge is -2.36. The first-order valence-electron chi connectivity index (χ1n) is 7.70. The molecule has 7 nitrogen and oxygen atoms in total. The summed E-state index contributed by atoms with van der Waals surface area (Å²) in [6.07, 6.45) is 0. The lowest BCUT2D eigenvalue weighted by atomic mass is 10.1. The molecule has 0 aromatic heterocycles. The van der Waals surface area contributed by atoms with Crippen molar-refractivity contribution in [2.45, 2.75) is 19.5 Å². The van der Waals surface area contributed by atoms with Crippen LogP contribution in [0.2, 0.25) is 0 Å². The predicted molar refractivity (Wildman–Crippen MR) is 105 cm³/mol. The van der Waals surface area contributed by atoms with Gasteiger partial charge in [-0.25, -0.2) is 4.99 Å². The van der Waals surface area contributed by atoms with Crippen molar-refractivity contribution in [1.82, 2.24) is 5.06 Å². The van der Waals surface area contributed by atoms with Crippen LogP contribution in [0, 0.1) is 0 Å². The molecule has 1 heterocycles. The van der Waals surface area contributed by atoms with Crippen LogP contribution < -0.4 is 16.2 Å². The molecule has 0 amide bonds. The number of fused-ring (bicyclic) bond motifs is 1. The molecular weight excluding hydrogens is 386 g/mol. The Kier molecular flexibility index (Phi) is 5.86. The molecule has 0 atom stereocenters. The van der Waals surface area contributed by atoms with E-state index in [9.17, 15) is 0 Å². The third-order valence-electron chi connectivity index (χ3n) is 3.62. The second kappa shape index (κ2) is 7.71. The van der Waals surface area contributed by atoms with E-state index in [0.717, 1.165) is 11.1 Å². The largest absolute Gasteiger partial charge is 0.491 e. The Bertz CT molecular complexity index is 806. The standard InChI is InChI=1S/C17H21N5O2.BrH/c1-17(2)21-15(18)20-16(19)22(17)24-10-9-23-14-8-7-12-5-3-4-6-13(12)11-14;/h3-8,11H,9-10H2,1-2H3,(H4,18,19,20,21);1H. The molecule has 0 saturated heterocycles. The summed E-state index contributed by atoms with van der Waals surface area (Å²) in [4.78, 5) is 13.8. The quantitative estimate of drug-likeness (QED) is 0.741. The summed E-state index contributed by atoms with van der Waals surface area (Å²) in [7, 11) is 0. The van der Waals surface area contributed by atoms with Crippen LogP contribution in [0.15, 0.2) is 52.4 Å². The highest BCUT2D eigenvalue weighted by Gasteiger charge is 2.32. The molecule has 2 aromatic carbocycles. The predicted octanol–water partition coefficient (Wildman–Crippen LogP) is 2.41. The summed E-state index contributed by atoms with van der Waals surface area (Å²) < 4.78 is 5.74. The first kappa shape index (κ1) is 19.0. The number of hydrogen-bond acceptors (Lipinski definition) is 7.